The normalized spacial score (nSPS) is 9.75. The van der Waals surface area contributed by atoms with Gasteiger partial charge in [0.05, 0.1) is 18.6 Å². The van der Waals surface area contributed by atoms with Crippen molar-refractivity contribution < 1.29 is 0 Å². The Morgan fingerprint density at radius 3 is 3.06 bits per heavy atom. The van der Waals surface area contributed by atoms with Crippen LogP contribution in [0.3, 0.4) is 0 Å². The number of aromatic amines is 1. The number of nitrogens with one attached hydrogen (secondary N) is 2. The number of hydrogen-bond acceptors (Lipinski definition) is 5. The van der Waals surface area contributed by atoms with Crippen LogP contribution in [0.4, 0.5) is 5.95 Å². The molecule has 0 radical (unpaired) electrons. The topological polar surface area (TPSA) is 90.3 Å². The largest absolute Gasteiger partial charge is 0.349 e. The minimum atomic E-state index is 0.361. The van der Waals surface area contributed by atoms with Gasteiger partial charge in [0.2, 0.25) is 5.95 Å². The van der Waals surface area contributed by atoms with Gasteiger partial charge in [0, 0.05) is 11.9 Å². The predicted molar refractivity (Wildman–Crippen MR) is 57.4 cm³/mol. The van der Waals surface area contributed by atoms with Crippen LogP contribution in [0.1, 0.15) is 17.1 Å². The van der Waals surface area contributed by atoms with Gasteiger partial charge >= 0.3 is 0 Å². The summed E-state index contributed by atoms with van der Waals surface area (Å²) in [4.78, 5) is 15.1. The number of H-pyrrole nitrogens is 1. The third-order valence-electron chi connectivity index (χ3n) is 1.96. The number of aromatic nitrogens is 4. The van der Waals surface area contributed by atoms with Crippen LogP contribution in [-0.4, -0.2) is 19.9 Å². The number of rotatable bonds is 3. The lowest BCUT2D eigenvalue weighted by molar-refractivity contribution is 0.995. The van der Waals surface area contributed by atoms with E-state index >= 15 is 0 Å². The summed E-state index contributed by atoms with van der Waals surface area (Å²) in [6.45, 7) is 2.37. The highest BCUT2D eigenvalue weighted by Crippen LogP contribution is 2.05. The number of nitriles is 1. The summed E-state index contributed by atoms with van der Waals surface area (Å²) >= 11 is 0. The van der Waals surface area contributed by atoms with E-state index in [1.807, 2.05) is 13.0 Å². The first-order valence-corrected chi connectivity index (χ1v) is 4.75. The Bertz CT molecular complexity index is 511. The zero-order valence-electron chi connectivity index (χ0n) is 8.73. The minimum absolute atomic E-state index is 0.361. The maximum atomic E-state index is 8.75. The summed E-state index contributed by atoms with van der Waals surface area (Å²) in [5, 5.41) is 11.8. The van der Waals surface area contributed by atoms with Gasteiger partial charge in [0.25, 0.3) is 0 Å². The van der Waals surface area contributed by atoms with Crippen LogP contribution in [0, 0.1) is 18.3 Å². The summed E-state index contributed by atoms with van der Waals surface area (Å²) in [7, 11) is 0. The Kier molecular flexibility index (Phi) is 2.78. The van der Waals surface area contributed by atoms with E-state index in [0.717, 1.165) is 11.4 Å². The summed E-state index contributed by atoms with van der Waals surface area (Å²) in [5.74, 6) is 0.450. The zero-order valence-corrected chi connectivity index (χ0v) is 8.73. The molecule has 2 aromatic heterocycles. The van der Waals surface area contributed by atoms with Gasteiger partial charge in [0.1, 0.15) is 11.8 Å². The number of anilines is 1. The van der Waals surface area contributed by atoms with Crippen molar-refractivity contribution in [1.82, 2.24) is 19.9 Å². The van der Waals surface area contributed by atoms with Crippen LogP contribution in [0.2, 0.25) is 0 Å². The molecule has 0 bridgehead atoms. The van der Waals surface area contributed by atoms with Crippen molar-refractivity contribution in [1.29, 1.82) is 5.26 Å². The fourth-order valence-corrected chi connectivity index (χ4v) is 1.26. The average molecular weight is 214 g/mol. The highest BCUT2D eigenvalue weighted by atomic mass is 15.1. The van der Waals surface area contributed by atoms with Crippen LogP contribution in [0.5, 0.6) is 0 Å². The van der Waals surface area contributed by atoms with Crippen molar-refractivity contribution in [3.8, 4) is 6.07 Å². The smallest absolute Gasteiger partial charge is 0.224 e. The van der Waals surface area contributed by atoms with E-state index in [1.165, 1.54) is 0 Å². The first-order valence-electron chi connectivity index (χ1n) is 4.75. The molecule has 0 saturated carbocycles. The van der Waals surface area contributed by atoms with Crippen molar-refractivity contribution in [2.24, 2.45) is 0 Å². The molecule has 0 aromatic carbocycles. The molecule has 0 saturated heterocycles. The van der Waals surface area contributed by atoms with Crippen molar-refractivity contribution in [2.45, 2.75) is 13.5 Å². The third-order valence-corrected chi connectivity index (χ3v) is 1.96. The van der Waals surface area contributed by atoms with Crippen molar-refractivity contribution in [2.75, 3.05) is 5.32 Å². The van der Waals surface area contributed by atoms with E-state index in [0.29, 0.717) is 18.2 Å². The molecule has 0 fully saturated rings. The first kappa shape index (κ1) is 10.1. The molecule has 2 aromatic rings. The Morgan fingerprint density at radius 2 is 2.38 bits per heavy atom. The molecule has 0 aliphatic heterocycles. The molecule has 0 aliphatic rings. The molecule has 0 spiro atoms. The molecule has 0 aliphatic carbocycles. The molecular weight excluding hydrogens is 204 g/mol. The van der Waals surface area contributed by atoms with Crippen LogP contribution in [-0.2, 0) is 6.54 Å². The standard InChI is InChI=1S/C10H10N6/c1-7-2-8(3-11)16-10(15-7)13-5-9-4-12-6-14-9/h2,4,6H,5H2,1H3,(H,12,14)(H,13,15,16). The van der Waals surface area contributed by atoms with Crippen LogP contribution >= 0.6 is 0 Å². The van der Waals surface area contributed by atoms with Crippen molar-refractivity contribution in [3.05, 3.63) is 35.7 Å². The van der Waals surface area contributed by atoms with E-state index < -0.39 is 0 Å². The molecule has 16 heavy (non-hydrogen) atoms. The lowest BCUT2D eigenvalue weighted by Gasteiger charge is -2.03. The van der Waals surface area contributed by atoms with E-state index in [4.69, 9.17) is 5.26 Å². The van der Waals surface area contributed by atoms with Crippen LogP contribution in [0.15, 0.2) is 18.6 Å². The Labute approximate surface area is 92.4 Å². The van der Waals surface area contributed by atoms with Gasteiger partial charge in [-0.25, -0.2) is 15.0 Å². The van der Waals surface area contributed by atoms with Gasteiger partial charge in [-0.05, 0) is 13.0 Å². The number of hydrogen-bond donors (Lipinski definition) is 2. The monoisotopic (exact) mass is 214 g/mol. The third kappa shape index (κ3) is 2.33. The maximum absolute atomic E-state index is 8.75. The fourth-order valence-electron chi connectivity index (χ4n) is 1.26. The van der Waals surface area contributed by atoms with E-state index in [2.05, 4.69) is 25.3 Å². The molecule has 0 amide bonds. The SMILES string of the molecule is Cc1cc(C#N)nc(NCc2cnc[nH]2)n1. The quantitative estimate of drug-likeness (QED) is 0.795. The summed E-state index contributed by atoms with van der Waals surface area (Å²) in [6, 6.07) is 3.63. The lowest BCUT2D eigenvalue weighted by Crippen LogP contribution is -2.05. The highest BCUT2D eigenvalue weighted by molar-refractivity contribution is 5.33. The second-order valence-corrected chi connectivity index (χ2v) is 3.26. The summed E-state index contributed by atoms with van der Waals surface area (Å²) in [6.07, 6.45) is 3.32. The van der Waals surface area contributed by atoms with E-state index in [9.17, 15) is 0 Å². The molecule has 6 heteroatoms. The lowest BCUT2D eigenvalue weighted by atomic mass is 10.3. The fraction of sp³-hybridized carbons (Fsp3) is 0.200. The van der Waals surface area contributed by atoms with Gasteiger partial charge in [0.15, 0.2) is 0 Å². The average Bonchev–Trinajstić information content (AvgIpc) is 2.78. The molecule has 2 rings (SSSR count). The van der Waals surface area contributed by atoms with E-state index in [-0.39, 0.29) is 0 Å². The molecule has 6 nitrogen and oxygen atoms in total. The molecule has 2 N–H and O–H groups in total. The molecule has 0 unspecified atom stereocenters. The number of nitrogens with zero attached hydrogens (tertiary/aromatic N) is 4. The highest BCUT2D eigenvalue weighted by Gasteiger charge is 2.01. The zero-order chi connectivity index (χ0) is 11.4. The molecule has 0 atom stereocenters. The van der Waals surface area contributed by atoms with Crippen LogP contribution in [0.25, 0.3) is 0 Å². The Morgan fingerprint density at radius 1 is 1.50 bits per heavy atom. The Hall–Kier alpha value is -2.42. The summed E-state index contributed by atoms with van der Waals surface area (Å²) in [5.41, 5.74) is 2.06. The predicted octanol–water partition coefficient (Wildman–Crippen LogP) is 0.992. The van der Waals surface area contributed by atoms with Gasteiger partial charge in [-0.3, -0.25) is 0 Å². The van der Waals surface area contributed by atoms with Gasteiger partial charge in [-0.1, -0.05) is 0 Å². The van der Waals surface area contributed by atoms with Gasteiger partial charge in [-0.2, -0.15) is 5.26 Å². The Balaban J connectivity index is 2.10. The van der Waals surface area contributed by atoms with Gasteiger partial charge < -0.3 is 10.3 Å². The number of imidazole rings is 1. The second kappa shape index (κ2) is 4.40. The summed E-state index contributed by atoms with van der Waals surface area (Å²) < 4.78 is 0. The first-order chi connectivity index (χ1) is 7.78. The number of aryl methyl sites for hydroxylation is 1. The molecule has 80 valence electrons. The molecule has 2 heterocycles. The van der Waals surface area contributed by atoms with E-state index in [1.54, 1.807) is 18.6 Å². The van der Waals surface area contributed by atoms with Crippen LogP contribution < -0.4 is 5.32 Å². The second-order valence-electron chi connectivity index (χ2n) is 3.26. The van der Waals surface area contributed by atoms with Gasteiger partial charge in [-0.15, -0.1) is 0 Å². The minimum Gasteiger partial charge on any atom is -0.349 e. The van der Waals surface area contributed by atoms with Crippen molar-refractivity contribution in [3.63, 3.8) is 0 Å². The molecular formula is C10H10N6. The maximum Gasteiger partial charge on any atom is 0.224 e. The van der Waals surface area contributed by atoms with Crippen molar-refractivity contribution >= 4 is 5.95 Å².